The van der Waals surface area contributed by atoms with Crippen molar-refractivity contribution in [1.29, 1.82) is 0 Å². The Morgan fingerprint density at radius 3 is 2.86 bits per heavy atom. The molecule has 0 bridgehead atoms. The van der Waals surface area contributed by atoms with Gasteiger partial charge in [-0.2, -0.15) is 13.2 Å². The van der Waals surface area contributed by atoms with E-state index < -0.39 is 11.7 Å². The Hall–Kier alpha value is -1.78. The van der Waals surface area contributed by atoms with Gasteiger partial charge >= 0.3 is 6.18 Å². The second kappa shape index (κ2) is 6.33. The first-order valence-corrected chi connectivity index (χ1v) is 6.97. The second-order valence-corrected chi connectivity index (χ2v) is 5.40. The van der Waals surface area contributed by atoms with Crippen LogP contribution in [-0.4, -0.2) is 23.9 Å². The summed E-state index contributed by atoms with van der Waals surface area (Å²) in [6.07, 6.45) is -0.661. The number of carbonyl (C=O) groups excluding carboxylic acids is 1. The largest absolute Gasteiger partial charge is 0.416 e. The minimum absolute atomic E-state index is 0.108. The fourth-order valence-electron chi connectivity index (χ4n) is 2.77. The van der Waals surface area contributed by atoms with Crippen molar-refractivity contribution < 1.29 is 18.0 Å². The molecule has 0 aliphatic carbocycles. The lowest BCUT2D eigenvalue weighted by Gasteiger charge is -2.32. The second-order valence-electron chi connectivity index (χ2n) is 5.40. The summed E-state index contributed by atoms with van der Waals surface area (Å²) in [5.74, 6) is 0.0925. The molecule has 0 N–H and O–H groups in total. The monoisotopic (exact) mass is 297 g/mol. The first kappa shape index (κ1) is 15.6. The third-order valence-corrected chi connectivity index (χ3v) is 3.78. The van der Waals surface area contributed by atoms with Crippen LogP contribution in [-0.2, 0) is 17.4 Å². The summed E-state index contributed by atoms with van der Waals surface area (Å²) < 4.78 is 38.1. The van der Waals surface area contributed by atoms with E-state index in [2.05, 4.69) is 6.58 Å². The van der Waals surface area contributed by atoms with E-state index in [0.29, 0.717) is 25.1 Å². The van der Waals surface area contributed by atoms with Gasteiger partial charge in [0.25, 0.3) is 0 Å². The third-order valence-electron chi connectivity index (χ3n) is 3.78. The predicted molar refractivity (Wildman–Crippen MR) is 74.6 cm³/mol. The van der Waals surface area contributed by atoms with Crippen LogP contribution in [0.15, 0.2) is 36.9 Å². The van der Waals surface area contributed by atoms with Gasteiger partial charge in [0.15, 0.2) is 0 Å². The molecule has 21 heavy (non-hydrogen) atoms. The summed E-state index contributed by atoms with van der Waals surface area (Å²) >= 11 is 0. The Morgan fingerprint density at radius 2 is 2.19 bits per heavy atom. The van der Waals surface area contributed by atoms with E-state index >= 15 is 0 Å². The normalized spacial score (nSPS) is 19.4. The SMILES string of the molecule is C=CC(=O)N1CCC[C@@H](Cc2cccc(C(F)(F)F)c2)C1. The molecule has 5 heteroatoms. The molecule has 1 heterocycles. The Balaban J connectivity index is 2.04. The lowest BCUT2D eigenvalue weighted by atomic mass is 9.90. The highest BCUT2D eigenvalue weighted by Crippen LogP contribution is 2.30. The van der Waals surface area contributed by atoms with Crippen LogP contribution < -0.4 is 0 Å². The van der Waals surface area contributed by atoms with Gasteiger partial charge < -0.3 is 4.90 Å². The zero-order chi connectivity index (χ0) is 15.5. The fraction of sp³-hybridized carbons (Fsp3) is 0.438. The average molecular weight is 297 g/mol. The molecule has 0 unspecified atom stereocenters. The molecule has 0 saturated carbocycles. The number of benzene rings is 1. The van der Waals surface area contributed by atoms with Gasteiger partial charge in [-0.15, -0.1) is 0 Å². The maximum absolute atomic E-state index is 12.7. The van der Waals surface area contributed by atoms with Gasteiger partial charge in [-0.1, -0.05) is 24.8 Å². The maximum Gasteiger partial charge on any atom is 0.416 e. The van der Waals surface area contributed by atoms with Crippen LogP contribution >= 0.6 is 0 Å². The van der Waals surface area contributed by atoms with Crippen molar-refractivity contribution in [3.05, 3.63) is 48.0 Å². The molecule has 1 amide bonds. The van der Waals surface area contributed by atoms with Crippen molar-refractivity contribution in [2.45, 2.75) is 25.4 Å². The lowest BCUT2D eigenvalue weighted by molar-refractivity contribution is -0.137. The number of hydrogen-bond donors (Lipinski definition) is 0. The Labute approximate surface area is 122 Å². The van der Waals surface area contributed by atoms with E-state index in [4.69, 9.17) is 0 Å². The van der Waals surface area contributed by atoms with Crippen LogP contribution in [0.2, 0.25) is 0 Å². The number of nitrogens with zero attached hydrogens (tertiary/aromatic N) is 1. The number of hydrogen-bond acceptors (Lipinski definition) is 1. The van der Waals surface area contributed by atoms with E-state index in [-0.39, 0.29) is 11.8 Å². The van der Waals surface area contributed by atoms with Crippen LogP contribution in [0.1, 0.15) is 24.0 Å². The minimum Gasteiger partial charge on any atom is -0.339 e. The molecular weight excluding hydrogens is 279 g/mol. The van der Waals surface area contributed by atoms with E-state index in [1.807, 2.05) is 0 Å². The molecule has 1 atom stereocenters. The first-order valence-electron chi connectivity index (χ1n) is 6.97. The number of likely N-dealkylation sites (tertiary alicyclic amines) is 1. The Kier molecular flexibility index (Phi) is 4.70. The van der Waals surface area contributed by atoms with Gasteiger partial charge in [-0.3, -0.25) is 4.79 Å². The fourth-order valence-corrected chi connectivity index (χ4v) is 2.77. The zero-order valence-electron chi connectivity index (χ0n) is 11.7. The number of amides is 1. The molecule has 2 rings (SSSR count). The van der Waals surface area contributed by atoms with Gasteiger partial charge in [-0.25, -0.2) is 0 Å². The van der Waals surface area contributed by atoms with Crippen molar-refractivity contribution in [2.75, 3.05) is 13.1 Å². The zero-order valence-corrected chi connectivity index (χ0v) is 11.7. The van der Waals surface area contributed by atoms with E-state index in [1.54, 1.807) is 11.0 Å². The molecule has 2 nitrogen and oxygen atoms in total. The molecule has 1 aromatic carbocycles. The van der Waals surface area contributed by atoms with Crippen LogP contribution in [0.5, 0.6) is 0 Å². The number of piperidine rings is 1. The summed E-state index contributed by atoms with van der Waals surface area (Å²) in [5.41, 5.74) is 0.0533. The average Bonchev–Trinajstić information content (AvgIpc) is 2.46. The van der Waals surface area contributed by atoms with Crippen molar-refractivity contribution >= 4 is 5.91 Å². The van der Waals surface area contributed by atoms with Crippen molar-refractivity contribution in [2.24, 2.45) is 5.92 Å². The van der Waals surface area contributed by atoms with Gasteiger partial charge in [0.05, 0.1) is 5.56 Å². The first-order chi connectivity index (χ1) is 9.90. The topological polar surface area (TPSA) is 20.3 Å². The molecular formula is C16H18F3NO. The smallest absolute Gasteiger partial charge is 0.339 e. The van der Waals surface area contributed by atoms with E-state index in [9.17, 15) is 18.0 Å². The molecule has 1 aliphatic heterocycles. The molecule has 114 valence electrons. The van der Waals surface area contributed by atoms with Crippen molar-refractivity contribution in [1.82, 2.24) is 4.90 Å². The number of rotatable bonds is 3. The van der Waals surface area contributed by atoms with Crippen LogP contribution in [0, 0.1) is 5.92 Å². The molecule has 0 aromatic heterocycles. The van der Waals surface area contributed by atoms with E-state index in [0.717, 1.165) is 18.9 Å². The van der Waals surface area contributed by atoms with Crippen molar-refractivity contribution in [3.63, 3.8) is 0 Å². The molecule has 1 saturated heterocycles. The molecule has 1 aromatic rings. The summed E-state index contributed by atoms with van der Waals surface area (Å²) in [5, 5.41) is 0. The molecule has 0 radical (unpaired) electrons. The Bertz CT molecular complexity index is 524. The third kappa shape index (κ3) is 4.09. The highest BCUT2D eigenvalue weighted by Gasteiger charge is 2.30. The number of carbonyl (C=O) groups is 1. The molecule has 1 fully saturated rings. The summed E-state index contributed by atoms with van der Waals surface area (Å²) in [6.45, 7) is 4.75. The highest BCUT2D eigenvalue weighted by atomic mass is 19.4. The lowest BCUT2D eigenvalue weighted by Crippen LogP contribution is -2.39. The van der Waals surface area contributed by atoms with Crippen LogP contribution in [0.3, 0.4) is 0 Å². The Morgan fingerprint density at radius 1 is 1.43 bits per heavy atom. The molecule has 1 aliphatic rings. The van der Waals surface area contributed by atoms with Crippen LogP contribution in [0.4, 0.5) is 13.2 Å². The summed E-state index contributed by atoms with van der Waals surface area (Å²) in [6, 6.07) is 5.43. The summed E-state index contributed by atoms with van der Waals surface area (Å²) in [4.78, 5) is 13.3. The van der Waals surface area contributed by atoms with Gasteiger partial charge in [0.2, 0.25) is 5.91 Å². The summed E-state index contributed by atoms with van der Waals surface area (Å²) in [7, 11) is 0. The minimum atomic E-state index is -4.31. The van der Waals surface area contributed by atoms with Gasteiger partial charge in [0, 0.05) is 13.1 Å². The number of halogens is 3. The van der Waals surface area contributed by atoms with Crippen molar-refractivity contribution in [3.8, 4) is 0 Å². The highest BCUT2D eigenvalue weighted by molar-refractivity contribution is 5.87. The van der Waals surface area contributed by atoms with E-state index in [1.165, 1.54) is 18.2 Å². The molecule has 0 spiro atoms. The predicted octanol–water partition coefficient (Wildman–Crippen LogP) is 3.67. The number of alkyl halides is 3. The van der Waals surface area contributed by atoms with Crippen LogP contribution in [0.25, 0.3) is 0 Å². The standard InChI is InChI=1S/C16H18F3NO/c1-2-15(21)20-8-4-6-13(11-20)9-12-5-3-7-14(10-12)16(17,18)19/h2-3,5,7,10,13H,1,4,6,8-9,11H2/t13-/m0/s1. The van der Waals surface area contributed by atoms with Gasteiger partial charge in [-0.05, 0) is 42.9 Å². The maximum atomic E-state index is 12.7. The quantitative estimate of drug-likeness (QED) is 0.780. The van der Waals surface area contributed by atoms with Gasteiger partial charge in [0.1, 0.15) is 0 Å².